The van der Waals surface area contributed by atoms with E-state index in [1.54, 1.807) is 4.90 Å². The Morgan fingerprint density at radius 2 is 1.71 bits per heavy atom. The van der Waals surface area contributed by atoms with Gasteiger partial charge in [0.05, 0.1) is 0 Å². The van der Waals surface area contributed by atoms with Crippen molar-refractivity contribution in [2.75, 3.05) is 19.2 Å². The van der Waals surface area contributed by atoms with Crippen molar-refractivity contribution in [3.05, 3.63) is 0 Å². The van der Waals surface area contributed by atoms with E-state index in [0.717, 1.165) is 38.8 Å². The Hall–Kier alpha value is -0.440. The quantitative estimate of drug-likeness (QED) is 0.618. The van der Waals surface area contributed by atoms with Crippen LogP contribution in [-0.4, -0.2) is 30.1 Å². The third-order valence-electron chi connectivity index (χ3n) is 2.00. The highest BCUT2D eigenvalue weighted by molar-refractivity contribution is 6.17. The zero-order chi connectivity index (χ0) is 10.8. The van der Waals surface area contributed by atoms with E-state index in [2.05, 4.69) is 13.8 Å². The second kappa shape index (κ2) is 9.13. The maximum atomic E-state index is 11.4. The normalized spacial score (nSPS) is 9.93. The lowest BCUT2D eigenvalue weighted by Crippen LogP contribution is -2.33. The minimum absolute atomic E-state index is 0.0619. The number of carbonyl (C=O) groups is 1. The molecule has 0 bridgehead atoms. The van der Waals surface area contributed by atoms with Crippen molar-refractivity contribution in [2.45, 2.75) is 39.5 Å². The molecule has 0 aromatic carbocycles. The summed E-state index contributed by atoms with van der Waals surface area (Å²) in [6.45, 7) is 5.74. The number of alkyl halides is 1. The van der Waals surface area contributed by atoms with Gasteiger partial charge in [0, 0.05) is 13.1 Å². The predicted molar refractivity (Wildman–Crippen MR) is 58.6 cm³/mol. The molecule has 0 atom stereocenters. The first-order valence-corrected chi connectivity index (χ1v) is 5.77. The molecule has 0 spiro atoms. The zero-order valence-corrected chi connectivity index (χ0v) is 9.85. The monoisotopic (exact) mass is 221 g/mol. The van der Waals surface area contributed by atoms with Gasteiger partial charge in [0.25, 0.3) is 0 Å². The molecule has 0 aliphatic rings. The molecule has 0 N–H and O–H groups in total. The fourth-order valence-corrected chi connectivity index (χ4v) is 1.22. The van der Waals surface area contributed by atoms with Crippen LogP contribution < -0.4 is 0 Å². The van der Waals surface area contributed by atoms with Gasteiger partial charge in [-0.25, -0.2) is 4.79 Å². The van der Waals surface area contributed by atoms with E-state index >= 15 is 0 Å². The molecule has 3 nitrogen and oxygen atoms in total. The molecule has 0 radical (unpaired) electrons. The molecule has 0 aliphatic carbocycles. The zero-order valence-electron chi connectivity index (χ0n) is 9.09. The summed E-state index contributed by atoms with van der Waals surface area (Å²) < 4.78 is 4.75. The number of nitrogens with zero attached hydrogens (tertiary/aromatic N) is 1. The van der Waals surface area contributed by atoms with Gasteiger partial charge in [-0.05, 0) is 12.8 Å². The third-order valence-corrected chi connectivity index (χ3v) is 2.11. The largest absolute Gasteiger partial charge is 0.433 e. The van der Waals surface area contributed by atoms with Crippen LogP contribution in [0.3, 0.4) is 0 Å². The van der Waals surface area contributed by atoms with Gasteiger partial charge in [0.1, 0.15) is 0 Å². The maximum absolute atomic E-state index is 11.4. The number of hydrogen-bond acceptors (Lipinski definition) is 2. The van der Waals surface area contributed by atoms with Crippen LogP contribution in [0.25, 0.3) is 0 Å². The number of halogens is 1. The van der Waals surface area contributed by atoms with Crippen molar-refractivity contribution in [1.82, 2.24) is 4.90 Å². The smallest absolute Gasteiger partial charge is 0.410 e. The summed E-state index contributed by atoms with van der Waals surface area (Å²) in [4.78, 5) is 13.1. The van der Waals surface area contributed by atoms with Crippen molar-refractivity contribution in [3.8, 4) is 0 Å². The average molecular weight is 222 g/mol. The SMILES string of the molecule is CCCCN(CCCC)C(=O)OCCl. The maximum Gasteiger partial charge on any atom is 0.410 e. The van der Waals surface area contributed by atoms with E-state index < -0.39 is 0 Å². The van der Waals surface area contributed by atoms with Gasteiger partial charge in [-0.15, -0.1) is 0 Å². The molecule has 0 saturated heterocycles. The number of unbranched alkanes of at least 4 members (excludes halogenated alkanes) is 2. The molecule has 0 aromatic heterocycles. The lowest BCUT2D eigenvalue weighted by atomic mass is 10.3. The molecule has 84 valence electrons. The van der Waals surface area contributed by atoms with Crippen LogP contribution in [0, 0.1) is 0 Å². The molecule has 0 saturated carbocycles. The Kier molecular flexibility index (Phi) is 8.84. The fraction of sp³-hybridized carbons (Fsp3) is 0.900. The molecule has 0 heterocycles. The van der Waals surface area contributed by atoms with Crippen LogP contribution in [0.1, 0.15) is 39.5 Å². The van der Waals surface area contributed by atoms with E-state index in [0.29, 0.717) is 0 Å². The number of hydrogen-bond donors (Lipinski definition) is 0. The van der Waals surface area contributed by atoms with Gasteiger partial charge >= 0.3 is 6.09 Å². The molecule has 0 fully saturated rings. The van der Waals surface area contributed by atoms with Crippen molar-refractivity contribution in [1.29, 1.82) is 0 Å². The van der Waals surface area contributed by atoms with Gasteiger partial charge in [0.15, 0.2) is 6.07 Å². The van der Waals surface area contributed by atoms with Gasteiger partial charge in [0.2, 0.25) is 0 Å². The van der Waals surface area contributed by atoms with Crippen LogP contribution in [0.2, 0.25) is 0 Å². The van der Waals surface area contributed by atoms with Gasteiger partial charge in [-0.2, -0.15) is 0 Å². The third kappa shape index (κ3) is 6.08. The van der Waals surface area contributed by atoms with Gasteiger partial charge in [-0.3, -0.25) is 0 Å². The molecule has 0 rings (SSSR count). The van der Waals surface area contributed by atoms with E-state index in [1.807, 2.05) is 0 Å². The second-order valence-electron chi connectivity index (χ2n) is 3.21. The number of carbonyl (C=O) groups excluding carboxylic acids is 1. The Bertz CT molecular complexity index is 145. The summed E-state index contributed by atoms with van der Waals surface area (Å²) in [5, 5.41) is 0. The van der Waals surface area contributed by atoms with Crippen LogP contribution >= 0.6 is 11.6 Å². The topological polar surface area (TPSA) is 29.5 Å². The Labute approximate surface area is 91.4 Å². The molecular formula is C10H20ClNO2. The molecule has 0 aromatic rings. The van der Waals surface area contributed by atoms with Crippen molar-refractivity contribution < 1.29 is 9.53 Å². The minimum Gasteiger partial charge on any atom is -0.433 e. The molecule has 0 unspecified atom stereocenters. The van der Waals surface area contributed by atoms with E-state index in [1.165, 1.54) is 0 Å². The highest BCUT2D eigenvalue weighted by atomic mass is 35.5. The van der Waals surface area contributed by atoms with Crippen molar-refractivity contribution in [3.63, 3.8) is 0 Å². The number of ether oxygens (including phenoxy) is 1. The first-order chi connectivity index (χ1) is 6.76. The molecular weight excluding hydrogens is 202 g/mol. The Morgan fingerprint density at radius 1 is 1.21 bits per heavy atom. The average Bonchev–Trinajstić information content (AvgIpc) is 2.18. The first-order valence-electron chi connectivity index (χ1n) is 5.23. The number of rotatable bonds is 7. The van der Waals surface area contributed by atoms with Crippen LogP contribution in [0.5, 0.6) is 0 Å². The van der Waals surface area contributed by atoms with Crippen LogP contribution in [0.15, 0.2) is 0 Å². The Morgan fingerprint density at radius 3 is 2.07 bits per heavy atom. The molecule has 0 aliphatic heterocycles. The lowest BCUT2D eigenvalue weighted by molar-refractivity contribution is 0.116. The van der Waals surface area contributed by atoms with E-state index in [-0.39, 0.29) is 12.2 Å². The summed E-state index contributed by atoms with van der Waals surface area (Å²) in [7, 11) is 0. The Balaban J connectivity index is 3.88. The van der Waals surface area contributed by atoms with E-state index in [4.69, 9.17) is 16.3 Å². The van der Waals surface area contributed by atoms with E-state index in [9.17, 15) is 4.79 Å². The van der Waals surface area contributed by atoms with Crippen LogP contribution in [-0.2, 0) is 4.74 Å². The predicted octanol–water partition coefficient (Wildman–Crippen LogP) is 3.22. The molecule has 1 amide bonds. The molecule has 14 heavy (non-hydrogen) atoms. The second-order valence-corrected chi connectivity index (χ2v) is 3.43. The fourth-order valence-electron chi connectivity index (χ4n) is 1.13. The summed E-state index contributed by atoms with van der Waals surface area (Å²) in [6.07, 6.45) is 3.90. The summed E-state index contributed by atoms with van der Waals surface area (Å²) in [5.41, 5.74) is 0. The molecule has 4 heteroatoms. The van der Waals surface area contributed by atoms with Crippen molar-refractivity contribution in [2.24, 2.45) is 0 Å². The summed E-state index contributed by atoms with van der Waals surface area (Å²) in [5.74, 6) is 0. The minimum atomic E-state index is -0.290. The first kappa shape index (κ1) is 13.6. The number of amides is 1. The summed E-state index contributed by atoms with van der Waals surface area (Å²) >= 11 is 5.34. The standard InChI is InChI=1S/C10H20ClNO2/c1-3-5-7-12(8-6-4-2)10(13)14-9-11/h3-9H2,1-2H3. The van der Waals surface area contributed by atoms with Gasteiger partial charge in [-0.1, -0.05) is 38.3 Å². The lowest BCUT2D eigenvalue weighted by Gasteiger charge is -2.20. The van der Waals surface area contributed by atoms with Gasteiger partial charge < -0.3 is 9.64 Å². The van der Waals surface area contributed by atoms with Crippen LogP contribution in [0.4, 0.5) is 4.79 Å². The highest BCUT2D eigenvalue weighted by Gasteiger charge is 2.12. The van der Waals surface area contributed by atoms with Crippen molar-refractivity contribution >= 4 is 17.7 Å². The summed E-state index contributed by atoms with van der Waals surface area (Å²) in [6, 6.07) is -0.0619. The highest BCUT2D eigenvalue weighted by Crippen LogP contribution is 2.02.